The molecule has 4 aromatic rings. The molecule has 1 aromatic heterocycles. The van der Waals surface area contributed by atoms with Crippen molar-refractivity contribution in [3.05, 3.63) is 91.5 Å². The van der Waals surface area contributed by atoms with Gasteiger partial charge in [-0.1, -0.05) is 54.6 Å². The predicted octanol–water partition coefficient (Wildman–Crippen LogP) is 3.91. The summed E-state index contributed by atoms with van der Waals surface area (Å²) in [6.45, 7) is 0. The van der Waals surface area contributed by atoms with Gasteiger partial charge in [0.1, 0.15) is 23.8 Å². The van der Waals surface area contributed by atoms with Crippen LogP contribution in [0.2, 0.25) is 0 Å². The molecule has 4 rings (SSSR count). The van der Waals surface area contributed by atoms with Gasteiger partial charge in [0.15, 0.2) is 0 Å². The Kier molecular flexibility index (Phi) is 2.79. The van der Waals surface area contributed by atoms with Gasteiger partial charge in [-0.05, 0) is 23.6 Å². The van der Waals surface area contributed by atoms with Gasteiger partial charge in [-0.15, -0.1) is 0 Å². The molecule has 0 unspecified atom stereocenters. The molecule has 0 radical (unpaired) electrons. The van der Waals surface area contributed by atoms with Gasteiger partial charge in [0.05, 0.1) is 0 Å². The zero-order valence-corrected chi connectivity index (χ0v) is 11.6. The van der Waals surface area contributed by atoms with Crippen LogP contribution in [0, 0.1) is 0 Å². The summed E-state index contributed by atoms with van der Waals surface area (Å²) in [6.07, 6.45) is 6.28. The highest BCUT2D eigenvalue weighted by Gasteiger charge is 2.10. The summed E-state index contributed by atoms with van der Waals surface area (Å²) in [5, 5.41) is 2.52. The Hall–Kier alpha value is -2.87. The molecule has 21 heavy (non-hydrogen) atoms. The number of hydrogen-bond donors (Lipinski definition) is 0. The van der Waals surface area contributed by atoms with Crippen LogP contribution in [0.15, 0.2) is 91.5 Å². The third-order valence-electron chi connectivity index (χ3n) is 3.74. The molecule has 0 saturated carbocycles. The smallest absolute Gasteiger partial charge is 0.202 e. The lowest BCUT2D eigenvalue weighted by molar-refractivity contribution is -0.593. The van der Waals surface area contributed by atoms with Crippen LogP contribution in [0.25, 0.3) is 22.1 Å². The monoisotopic (exact) mass is 271 g/mol. The van der Waals surface area contributed by atoms with Crippen LogP contribution in [-0.2, 0) is 0 Å². The van der Waals surface area contributed by atoms with Crippen molar-refractivity contribution in [1.82, 2.24) is 4.57 Å². The van der Waals surface area contributed by atoms with Gasteiger partial charge in [0.2, 0.25) is 0 Å². The van der Waals surface area contributed by atoms with Gasteiger partial charge in [-0.2, -0.15) is 0 Å². The maximum atomic E-state index is 2.16. The van der Waals surface area contributed by atoms with Gasteiger partial charge >= 0.3 is 0 Å². The van der Waals surface area contributed by atoms with Crippen LogP contribution in [0.5, 0.6) is 0 Å². The minimum atomic E-state index is 1.16. The fourth-order valence-corrected chi connectivity index (χ4v) is 2.68. The second-order valence-corrected chi connectivity index (χ2v) is 5.06. The highest BCUT2D eigenvalue weighted by atomic mass is 15.1. The second kappa shape index (κ2) is 4.91. The molecule has 2 heteroatoms. The number of para-hydroxylation sites is 1. The van der Waals surface area contributed by atoms with Crippen LogP contribution in [0.4, 0.5) is 0 Å². The third kappa shape index (κ3) is 2.11. The fourth-order valence-electron chi connectivity index (χ4n) is 2.68. The maximum Gasteiger partial charge on any atom is 0.254 e. The number of benzene rings is 3. The highest BCUT2D eigenvalue weighted by Crippen LogP contribution is 2.18. The maximum absolute atomic E-state index is 2.16. The first-order valence-electron chi connectivity index (χ1n) is 7.05. The number of rotatable bonds is 2. The molecule has 0 aliphatic rings. The molecule has 3 aromatic carbocycles. The molecular weight excluding hydrogens is 256 g/mol. The van der Waals surface area contributed by atoms with Crippen molar-refractivity contribution in [1.29, 1.82) is 0 Å². The Labute approximate surface area is 123 Å². The van der Waals surface area contributed by atoms with Gasteiger partial charge in [-0.25, -0.2) is 9.13 Å². The van der Waals surface area contributed by atoms with Gasteiger partial charge in [0, 0.05) is 5.39 Å². The predicted molar refractivity (Wildman–Crippen MR) is 84.8 cm³/mol. The Morgan fingerprint density at radius 1 is 0.714 bits per heavy atom. The van der Waals surface area contributed by atoms with E-state index in [-0.39, 0.29) is 0 Å². The molecular formula is C19H15N2+. The van der Waals surface area contributed by atoms with Crippen molar-refractivity contribution in [3.63, 3.8) is 0 Å². The van der Waals surface area contributed by atoms with Crippen molar-refractivity contribution < 1.29 is 4.57 Å². The minimum Gasteiger partial charge on any atom is -0.202 e. The Morgan fingerprint density at radius 2 is 1.48 bits per heavy atom. The van der Waals surface area contributed by atoms with E-state index in [1.807, 2.05) is 6.07 Å². The Balaban J connectivity index is 1.85. The summed E-state index contributed by atoms with van der Waals surface area (Å²) in [4.78, 5) is 0. The average Bonchev–Trinajstić information content (AvgIpc) is 3.05. The number of nitrogens with zero attached hydrogens (tertiary/aromatic N) is 2. The van der Waals surface area contributed by atoms with E-state index in [1.165, 1.54) is 16.5 Å². The molecule has 0 N–H and O–H groups in total. The molecule has 0 aliphatic carbocycles. The normalized spacial score (nSPS) is 10.9. The van der Waals surface area contributed by atoms with E-state index >= 15 is 0 Å². The van der Waals surface area contributed by atoms with Crippen molar-refractivity contribution in [3.8, 4) is 11.4 Å². The van der Waals surface area contributed by atoms with Crippen LogP contribution in [-0.4, -0.2) is 4.57 Å². The summed E-state index contributed by atoms with van der Waals surface area (Å²) in [5.41, 5.74) is 2.36. The summed E-state index contributed by atoms with van der Waals surface area (Å²) in [5.74, 6) is 0. The zero-order chi connectivity index (χ0) is 14.1. The summed E-state index contributed by atoms with van der Waals surface area (Å²) < 4.78 is 4.29. The fraction of sp³-hybridized carbons (Fsp3) is 0. The van der Waals surface area contributed by atoms with Crippen molar-refractivity contribution in [2.75, 3.05) is 0 Å². The summed E-state index contributed by atoms with van der Waals surface area (Å²) in [6, 6.07) is 25.2. The molecule has 0 atom stereocenters. The van der Waals surface area contributed by atoms with E-state index < -0.39 is 0 Å². The summed E-state index contributed by atoms with van der Waals surface area (Å²) in [7, 11) is 0. The highest BCUT2D eigenvalue weighted by molar-refractivity contribution is 5.88. The number of hydrogen-bond acceptors (Lipinski definition) is 0. The minimum absolute atomic E-state index is 1.16. The van der Waals surface area contributed by atoms with E-state index in [4.69, 9.17) is 0 Å². The van der Waals surface area contributed by atoms with Crippen molar-refractivity contribution in [2.24, 2.45) is 0 Å². The lowest BCUT2D eigenvalue weighted by atomic mass is 10.1. The molecule has 0 spiro atoms. The van der Waals surface area contributed by atoms with Crippen LogP contribution < -0.4 is 4.57 Å². The molecule has 0 fully saturated rings. The van der Waals surface area contributed by atoms with Crippen LogP contribution in [0.1, 0.15) is 0 Å². The van der Waals surface area contributed by atoms with E-state index in [0.717, 1.165) is 5.69 Å². The molecule has 0 amide bonds. The summed E-state index contributed by atoms with van der Waals surface area (Å²) >= 11 is 0. The number of aromatic nitrogens is 2. The van der Waals surface area contributed by atoms with E-state index in [2.05, 4.69) is 94.6 Å². The lowest BCUT2D eigenvalue weighted by Crippen LogP contribution is -2.27. The molecule has 100 valence electrons. The van der Waals surface area contributed by atoms with Crippen molar-refractivity contribution >= 4 is 10.8 Å². The first-order valence-corrected chi connectivity index (χ1v) is 7.05. The topological polar surface area (TPSA) is 8.81 Å². The van der Waals surface area contributed by atoms with E-state index in [9.17, 15) is 0 Å². The third-order valence-corrected chi connectivity index (χ3v) is 3.74. The largest absolute Gasteiger partial charge is 0.254 e. The van der Waals surface area contributed by atoms with Gasteiger partial charge in [0.25, 0.3) is 6.33 Å². The molecule has 0 saturated heterocycles. The molecule has 1 heterocycles. The van der Waals surface area contributed by atoms with Gasteiger partial charge in [-0.3, -0.25) is 0 Å². The quantitative estimate of drug-likeness (QED) is 0.489. The Bertz CT molecular complexity index is 886. The SMILES string of the molecule is c1ccc(-n2cc[n+](-c3cccc4ccccc34)c2)cc1. The van der Waals surface area contributed by atoms with Crippen LogP contribution in [0.3, 0.4) is 0 Å². The first-order chi connectivity index (χ1) is 10.4. The zero-order valence-electron chi connectivity index (χ0n) is 11.6. The van der Waals surface area contributed by atoms with Gasteiger partial charge < -0.3 is 0 Å². The molecule has 2 nitrogen and oxygen atoms in total. The van der Waals surface area contributed by atoms with Crippen molar-refractivity contribution in [2.45, 2.75) is 0 Å². The van der Waals surface area contributed by atoms with E-state index in [1.54, 1.807) is 0 Å². The number of imidazole rings is 1. The number of fused-ring (bicyclic) bond motifs is 1. The van der Waals surface area contributed by atoms with Crippen LogP contribution >= 0.6 is 0 Å². The second-order valence-electron chi connectivity index (χ2n) is 5.06. The average molecular weight is 271 g/mol. The lowest BCUT2D eigenvalue weighted by Gasteiger charge is -2.02. The molecule has 0 aliphatic heterocycles. The molecule has 0 bridgehead atoms. The van der Waals surface area contributed by atoms with E-state index in [0.29, 0.717) is 0 Å². The standard InChI is InChI=1S/C19H15N2/c1-2-9-17(10-3-1)20-13-14-21(15-20)19-12-6-8-16-7-4-5-11-18(16)19/h1-15H/q+1. The Morgan fingerprint density at radius 3 is 2.38 bits per heavy atom. The first kappa shape index (κ1) is 11.9.